The maximum Gasteiger partial charge on any atom is 0.433 e. The maximum absolute atomic E-state index is 13.9. The highest BCUT2D eigenvalue weighted by molar-refractivity contribution is 6.31. The smallest absolute Gasteiger partial charge is 0.433 e. The Bertz CT molecular complexity index is 1410. The molecular weight excluding hydrogens is 562 g/mol. The van der Waals surface area contributed by atoms with Crippen LogP contribution in [0.1, 0.15) is 46.1 Å². The van der Waals surface area contributed by atoms with Gasteiger partial charge in [0, 0.05) is 42.5 Å². The molecule has 3 heterocycles. The Kier molecular flexibility index (Phi) is 7.75. The van der Waals surface area contributed by atoms with Crippen LogP contribution in [0.5, 0.6) is 0 Å². The van der Waals surface area contributed by atoms with Crippen LogP contribution in [0.3, 0.4) is 0 Å². The summed E-state index contributed by atoms with van der Waals surface area (Å²) in [6, 6.07) is 10.0. The number of carboxylic acids is 1. The highest BCUT2D eigenvalue weighted by atomic mass is 35.5. The molecule has 0 bridgehead atoms. The van der Waals surface area contributed by atoms with Crippen molar-refractivity contribution >= 4 is 23.3 Å². The van der Waals surface area contributed by atoms with Gasteiger partial charge < -0.3 is 10.0 Å². The highest BCUT2D eigenvalue weighted by Crippen LogP contribution is 2.40. The fourth-order valence-electron chi connectivity index (χ4n) is 5.57. The van der Waals surface area contributed by atoms with E-state index in [1.54, 1.807) is 24.3 Å². The molecule has 1 aromatic heterocycles. The van der Waals surface area contributed by atoms with Crippen LogP contribution in [-0.2, 0) is 19.1 Å². The number of nitrogens with zero attached hydrogens (tertiary/aromatic N) is 4. The van der Waals surface area contributed by atoms with Crippen LogP contribution in [0.15, 0.2) is 42.6 Å². The molecule has 214 valence electrons. The zero-order chi connectivity index (χ0) is 28.8. The van der Waals surface area contributed by atoms with Crippen molar-refractivity contribution in [3.63, 3.8) is 0 Å². The molecule has 13 heteroatoms. The summed E-state index contributed by atoms with van der Waals surface area (Å²) in [4.78, 5) is 14.5. The molecule has 6 nitrogen and oxygen atoms in total. The lowest BCUT2D eigenvalue weighted by Gasteiger charge is -2.36. The van der Waals surface area contributed by atoms with E-state index in [1.165, 1.54) is 0 Å². The van der Waals surface area contributed by atoms with Crippen molar-refractivity contribution in [2.45, 2.75) is 50.7 Å². The highest BCUT2D eigenvalue weighted by Gasteiger charge is 2.42. The van der Waals surface area contributed by atoms with Crippen molar-refractivity contribution in [1.82, 2.24) is 14.7 Å². The lowest BCUT2D eigenvalue weighted by molar-refractivity contribution is -0.145. The number of aromatic nitrogens is 2. The number of rotatable bonds is 6. The molecule has 1 N–H and O–H groups in total. The predicted octanol–water partition coefficient (Wildman–Crippen LogP) is 6.68. The number of aromatic carboxylic acids is 1. The monoisotopic (exact) mass is 586 g/mol. The number of benzene rings is 2. The number of fused-ring (bicyclic) bond motifs is 1. The van der Waals surface area contributed by atoms with Gasteiger partial charge in [-0.15, -0.1) is 0 Å². The van der Waals surface area contributed by atoms with Gasteiger partial charge in [-0.3, -0.25) is 9.58 Å². The molecule has 2 atom stereocenters. The maximum atomic E-state index is 13.9. The van der Waals surface area contributed by atoms with Gasteiger partial charge in [-0.25, -0.2) is 18.0 Å². The zero-order valence-corrected chi connectivity index (χ0v) is 21.8. The van der Waals surface area contributed by atoms with E-state index in [4.69, 9.17) is 11.6 Å². The number of alkyl halides is 6. The molecule has 0 amide bonds. The Balaban J connectivity index is 1.45. The average Bonchev–Trinajstić information content (AvgIpc) is 3.39. The SMILES string of the molecule is O=C(O)c1cnn(C2CCCN(c3cc(Cl)ccc3-c3ccc4c(c3)CCN(C(F)C(F)F)C4)C2)c1C(F)(F)F. The molecule has 2 aliphatic heterocycles. The Morgan fingerprint density at radius 2 is 1.85 bits per heavy atom. The number of anilines is 1. The van der Waals surface area contributed by atoms with E-state index in [0.717, 1.165) is 38.0 Å². The molecule has 0 saturated carbocycles. The summed E-state index contributed by atoms with van der Waals surface area (Å²) in [6.45, 7) is 0.880. The minimum absolute atomic E-state index is 0.0616. The number of piperidine rings is 1. The van der Waals surface area contributed by atoms with Crippen molar-refractivity contribution in [3.05, 3.63) is 70.0 Å². The van der Waals surface area contributed by atoms with E-state index in [-0.39, 0.29) is 19.6 Å². The van der Waals surface area contributed by atoms with Gasteiger partial charge in [0.1, 0.15) is 5.56 Å². The molecule has 2 unspecified atom stereocenters. The first-order valence-electron chi connectivity index (χ1n) is 12.6. The number of hydrogen-bond donors (Lipinski definition) is 1. The summed E-state index contributed by atoms with van der Waals surface area (Å²) in [6.07, 6.45) is -8.29. The van der Waals surface area contributed by atoms with Gasteiger partial charge in [-0.2, -0.15) is 18.3 Å². The van der Waals surface area contributed by atoms with E-state index >= 15 is 0 Å². The standard InChI is InChI=1S/C27H25ClF6N4O2/c28-18-5-6-20(16-3-4-17-13-37(25(31)24(29)30)9-7-15(17)10-16)22(11-18)36-8-1-2-19(14-36)38-23(27(32,33)34)21(12-35-38)26(39)40/h3-6,10-12,19,24-25H,1-2,7-9,13-14H2,(H,39,40). The summed E-state index contributed by atoms with van der Waals surface area (Å²) in [5.74, 6) is -1.70. The Hall–Kier alpha value is -3.25. The van der Waals surface area contributed by atoms with Gasteiger partial charge in [0.25, 0.3) is 6.43 Å². The number of carbonyl (C=O) groups is 1. The lowest BCUT2D eigenvalue weighted by atomic mass is 9.93. The first-order chi connectivity index (χ1) is 18.9. The van der Waals surface area contributed by atoms with Crippen molar-refractivity contribution < 1.29 is 36.2 Å². The van der Waals surface area contributed by atoms with E-state index in [1.807, 2.05) is 17.0 Å². The largest absolute Gasteiger partial charge is 0.478 e. The first-order valence-corrected chi connectivity index (χ1v) is 13.0. The van der Waals surface area contributed by atoms with Crippen LogP contribution in [0.2, 0.25) is 5.02 Å². The minimum atomic E-state index is -4.90. The fraction of sp³-hybridized carbons (Fsp3) is 0.407. The van der Waals surface area contributed by atoms with Crippen LogP contribution >= 0.6 is 11.6 Å². The summed E-state index contributed by atoms with van der Waals surface area (Å²) in [7, 11) is 0. The van der Waals surface area contributed by atoms with Crippen molar-refractivity contribution in [3.8, 4) is 11.1 Å². The Labute approximate surface area is 230 Å². The normalized spacial score (nSPS) is 19.1. The van der Waals surface area contributed by atoms with Crippen molar-refractivity contribution in [2.75, 3.05) is 24.5 Å². The molecular formula is C27H25ClF6N4O2. The Morgan fingerprint density at radius 3 is 2.55 bits per heavy atom. The third-order valence-corrected chi connectivity index (χ3v) is 7.69. The first kappa shape index (κ1) is 28.3. The van der Waals surface area contributed by atoms with Gasteiger partial charge in [0.05, 0.1) is 12.2 Å². The van der Waals surface area contributed by atoms with E-state index < -0.39 is 42.2 Å². The second-order valence-corrected chi connectivity index (χ2v) is 10.4. The van der Waals surface area contributed by atoms with Crippen LogP contribution in [0.4, 0.5) is 32.0 Å². The molecule has 0 aliphatic carbocycles. The van der Waals surface area contributed by atoms with Crippen molar-refractivity contribution in [1.29, 1.82) is 0 Å². The third kappa shape index (κ3) is 5.51. The molecule has 1 saturated heterocycles. The lowest BCUT2D eigenvalue weighted by Crippen LogP contribution is -2.40. The van der Waals surface area contributed by atoms with E-state index in [9.17, 15) is 36.2 Å². The molecule has 3 aromatic rings. The van der Waals surface area contributed by atoms with Crippen LogP contribution < -0.4 is 4.90 Å². The van der Waals surface area contributed by atoms with E-state index in [0.29, 0.717) is 36.5 Å². The van der Waals surface area contributed by atoms with Gasteiger partial charge in [0.15, 0.2) is 5.69 Å². The predicted molar refractivity (Wildman–Crippen MR) is 137 cm³/mol. The summed E-state index contributed by atoms with van der Waals surface area (Å²) in [5.41, 5.74) is 1.73. The summed E-state index contributed by atoms with van der Waals surface area (Å²) in [5, 5.41) is 13.5. The van der Waals surface area contributed by atoms with Crippen LogP contribution in [-0.4, -0.2) is 58.1 Å². The van der Waals surface area contributed by atoms with Gasteiger partial charge >= 0.3 is 12.1 Å². The average molecular weight is 587 g/mol. The third-order valence-electron chi connectivity index (χ3n) is 7.45. The molecule has 5 rings (SSSR count). The quantitative estimate of drug-likeness (QED) is 0.258. The molecule has 0 radical (unpaired) electrons. The van der Waals surface area contributed by atoms with Gasteiger partial charge in [-0.1, -0.05) is 35.9 Å². The molecule has 2 aromatic carbocycles. The molecule has 40 heavy (non-hydrogen) atoms. The summed E-state index contributed by atoms with van der Waals surface area (Å²) < 4.78 is 81.9. The molecule has 2 aliphatic rings. The number of carboxylic acid groups (broad SMARTS) is 1. The van der Waals surface area contributed by atoms with Gasteiger partial charge in [0.2, 0.25) is 6.30 Å². The van der Waals surface area contributed by atoms with Crippen LogP contribution in [0.25, 0.3) is 11.1 Å². The van der Waals surface area contributed by atoms with Crippen molar-refractivity contribution in [2.24, 2.45) is 0 Å². The number of hydrogen-bond acceptors (Lipinski definition) is 4. The molecule has 0 spiro atoms. The topological polar surface area (TPSA) is 61.6 Å². The Morgan fingerprint density at radius 1 is 1.07 bits per heavy atom. The fourth-order valence-corrected chi connectivity index (χ4v) is 5.74. The van der Waals surface area contributed by atoms with E-state index in [2.05, 4.69) is 5.10 Å². The van der Waals surface area contributed by atoms with Gasteiger partial charge in [-0.05, 0) is 48.1 Å². The molecule has 1 fully saturated rings. The second kappa shape index (κ2) is 11.0. The zero-order valence-electron chi connectivity index (χ0n) is 21.0. The second-order valence-electron chi connectivity index (χ2n) is 9.97. The van der Waals surface area contributed by atoms with Crippen LogP contribution in [0, 0.1) is 0 Å². The minimum Gasteiger partial charge on any atom is -0.478 e. The number of halogens is 7. The summed E-state index contributed by atoms with van der Waals surface area (Å²) >= 11 is 6.33.